The SMILES string of the molecule is CCCC1CCCCN1C(=O)NCCC(=O)O. The van der Waals surface area contributed by atoms with Gasteiger partial charge in [0.2, 0.25) is 0 Å². The van der Waals surface area contributed by atoms with E-state index in [1.54, 1.807) is 0 Å². The maximum absolute atomic E-state index is 11.9. The molecule has 0 aromatic carbocycles. The maximum atomic E-state index is 11.9. The van der Waals surface area contributed by atoms with Crippen LogP contribution in [0.25, 0.3) is 0 Å². The van der Waals surface area contributed by atoms with Gasteiger partial charge in [-0.15, -0.1) is 0 Å². The van der Waals surface area contributed by atoms with E-state index in [1.165, 1.54) is 6.42 Å². The summed E-state index contributed by atoms with van der Waals surface area (Å²) < 4.78 is 0. The van der Waals surface area contributed by atoms with Crippen molar-refractivity contribution in [2.75, 3.05) is 13.1 Å². The number of likely N-dealkylation sites (tertiary alicyclic amines) is 1. The number of piperidine rings is 1. The van der Waals surface area contributed by atoms with Crippen molar-refractivity contribution in [3.05, 3.63) is 0 Å². The molecule has 98 valence electrons. The molecule has 0 saturated carbocycles. The summed E-state index contributed by atoms with van der Waals surface area (Å²) in [5.41, 5.74) is 0. The van der Waals surface area contributed by atoms with E-state index >= 15 is 0 Å². The van der Waals surface area contributed by atoms with Crippen LogP contribution in [0.3, 0.4) is 0 Å². The minimum absolute atomic E-state index is 0.0158. The molecule has 2 N–H and O–H groups in total. The molecule has 0 aliphatic carbocycles. The number of nitrogens with zero attached hydrogens (tertiary/aromatic N) is 1. The fourth-order valence-electron chi connectivity index (χ4n) is 2.28. The summed E-state index contributed by atoms with van der Waals surface area (Å²) in [4.78, 5) is 24.1. The fourth-order valence-corrected chi connectivity index (χ4v) is 2.28. The Balaban J connectivity index is 2.38. The third-order valence-electron chi connectivity index (χ3n) is 3.12. The zero-order valence-electron chi connectivity index (χ0n) is 10.4. The highest BCUT2D eigenvalue weighted by Crippen LogP contribution is 2.20. The van der Waals surface area contributed by atoms with Gasteiger partial charge >= 0.3 is 12.0 Å². The summed E-state index contributed by atoms with van der Waals surface area (Å²) in [6.07, 6.45) is 5.39. The Bertz CT molecular complexity index is 266. The van der Waals surface area contributed by atoms with Crippen LogP contribution >= 0.6 is 0 Å². The van der Waals surface area contributed by atoms with Crippen LogP contribution < -0.4 is 5.32 Å². The lowest BCUT2D eigenvalue weighted by molar-refractivity contribution is -0.136. The zero-order valence-corrected chi connectivity index (χ0v) is 10.4. The number of aliphatic carboxylic acids is 1. The zero-order chi connectivity index (χ0) is 12.7. The Kier molecular flexibility index (Phi) is 5.80. The first-order valence-electron chi connectivity index (χ1n) is 6.41. The number of urea groups is 1. The molecule has 5 heteroatoms. The van der Waals surface area contributed by atoms with Gasteiger partial charge in [-0.05, 0) is 25.7 Å². The molecule has 1 aliphatic heterocycles. The molecular formula is C12H22N2O3. The van der Waals surface area contributed by atoms with E-state index in [2.05, 4.69) is 12.2 Å². The number of carboxylic acids is 1. The van der Waals surface area contributed by atoms with Crippen LogP contribution in [0.2, 0.25) is 0 Å². The van der Waals surface area contributed by atoms with Crippen molar-refractivity contribution in [1.82, 2.24) is 10.2 Å². The Hall–Kier alpha value is -1.26. The molecule has 5 nitrogen and oxygen atoms in total. The van der Waals surface area contributed by atoms with Gasteiger partial charge in [0.15, 0.2) is 0 Å². The van der Waals surface area contributed by atoms with Gasteiger partial charge in [-0.25, -0.2) is 4.79 Å². The Morgan fingerprint density at radius 3 is 2.82 bits per heavy atom. The third-order valence-corrected chi connectivity index (χ3v) is 3.12. The van der Waals surface area contributed by atoms with Gasteiger partial charge in [0, 0.05) is 19.1 Å². The summed E-state index contributed by atoms with van der Waals surface area (Å²) in [5, 5.41) is 11.2. The van der Waals surface area contributed by atoms with E-state index < -0.39 is 5.97 Å². The van der Waals surface area contributed by atoms with Crippen LogP contribution in [-0.4, -0.2) is 41.1 Å². The molecule has 0 spiro atoms. The van der Waals surface area contributed by atoms with Gasteiger partial charge in [-0.2, -0.15) is 0 Å². The van der Waals surface area contributed by atoms with Gasteiger partial charge in [-0.3, -0.25) is 4.79 Å². The van der Waals surface area contributed by atoms with Crippen molar-refractivity contribution in [2.24, 2.45) is 0 Å². The monoisotopic (exact) mass is 242 g/mol. The van der Waals surface area contributed by atoms with Crippen molar-refractivity contribution < 1.29 is 14.7 Å². The summed E-state index contributed by atoms with van der Waals surface area (Å²) in [6.45, 7) is 3.13. The second-order valence-electron chi connectivity index (χ2n) is 4.51. The van der Waals surface area contributed by atoms with Crippen molar-refractivity contribution in [3.63, 3.8) is 0 Å². The van der Waals surface area contributed by atoms with Gasteiger partial charge in [0.05, 0.1) is 6.42 Å². The molecule has 0 aromatic heterocycles. The number of carbonyl (C=O) groups excluding carboxylic acids is 1. The van der Waals surface area contributed by atoms with Crippen molar-refractivity contribution >= 4 is 12.0 Å². The molecule has 17 heavy (non-hydrogen) atoms. The molecule has 2 amide bonds. The molecule has 1 fully saturated rings. The smallest absolute Gasteiger partial charge is 0.317 e. The van der Waals surface area contributed by atoms with Crippen molar-refractivity contribution in [2.45, 2.75) is 51.5 Å². The molecule has 1 heterocycles. The standard InChI is InChI=1S/C12H22N2O3/c1-2-5-10-6-3-4-9-14(10)12(17)13-8-7-11(15)16/h10H,2-9H2,1H3,(H,13,17)(H,15,16). The van der Waals surface area contributed by atoms with Crippen LogP contribution in [-0.2, 0) is 4.79 Å². The van der Waals surface area contributed by atoms with Crippen LogP contribution in [0.4, 0.5) is 4.79 Å². The van der Waals surface area contributed by atoms with E-state index in [4.69, 9.17) is 5.11 Å². The van der Waals surface area contributed by atoms with Gasteiger partial charge in [0.25, 0.3) is 0 Å². The number of nitrogens with one attached hydrogen (secondary N) is 1. The first-order valence-corrected chi connectivity index (χ1v) is 6.41. The summed E-state index contributed by atoms with van der Waals surface area (Å²) in [7, 11) is 0. The topological polar surface area (TPSA) is 69.6 Å². The van der Waals surface area contributed by atoms with Crippen molar-refractivity contribution in [3.8, 4) is 0 Å². The molecule has 1 aliphatic rings. The van der Waals surface area contributed by atoms with Crippen LogP contribution in [0, 0.1) is 0 Å². The molecule has 1 saturated heterocycles. The predicted octanol–water partition coefficient (Wildman–Crippen LogP) is 1.83. The lowest BCUT2D eigenvalue weighted by atomic mass is 9.99. The van der Waals surface area contributed by atoms with Crippen LogP contribution in [0.15, 0.2) is 0 Å². The van der Waals surface area contributed by atoms with Gasteiger partial charge in [-0.1, -0.05) is 13.3 Å². The molecule has 0 aromatic rings. The highest BCUT2D eigenvalue weighted by atomic mass is 16.4. The third kappa shape index (κ3) is 4.63. The van der Waals surface area contributed by atoms with E-state index in [9.17, 15) is 9.59 Å². The van der Waals surface area contributed by atoms with E-state index in [0.717, 1.165) is 32.2 Å². The molecule has 1 unspecified atom stereocenters. The van der Waals surface area contributed by atoms with Crippen molar-refractivity contribution in [1.29, 1.82) is 0 Å². The Morgan fingerprint density at radius 1 is 1.41 bits per heavy atom. The normalized spacial score (nSPS) is 20.1. The molecule has 1 atom stereocenters. The van der Waals surface area contributed by atoms with E-state index in [-0.39, 0.29) is 19.0 Å². The van der Waals surface area contributed by atoms with Crippen LogP contribution in [0.1, 0.15) is 45.4 Å². The maximum Gasteiger partial charge on any atom is 0.317 e. The predicted molar refractivity (Wildman–Crippen MR) is 64.9 cm³/mol. The first-order chi connectivity index (χ1) is 8.15. The number of hydrogen-bond acceptors (Lipinski definition) is 2. The quantitative estimate of drug-likeness (QED) is 0.772. The lowest BCUT2D eigenvalue weighted by Crippen LogP contribution is -2.48. The second kappa shape index (κ2) is 7.14. The molecule has 0 radical (unpaired) electrons. The molecular weight excluding hydrogens is 220 g/mol. The summed E-state index contributed by atoms with van der Waals surface area (Å²) in [5.74, 6) is -0.881. The van der Waals surface area contributed by atoms with Gasteiger partial charge < -0.3 is 15.3 Å². The number of rotatable bonds is 5. The van der Waals surface area contributed by atoms with Crippen LogP contribution in [0.5, 0.6) is 0 Å². The number of carbonyl (C=O) groups is 2. The van der Waals surface area contributed by atoms with E-state index in [0.29, 0.717) is 6.04 Å². The van der Waals surface area contributed by atoms with Gasteiger partial charge in [0.1, 0.15) is 0 Å². The molecule has 0 bridgehead atoms. The largest absolute Gasteiger partial charge is 0.481 e. The average molecular weight is 242 g/mol. The lowest BCUT2D eigenvalue weighted by Gasteiger charge is -2.35. The molecule has 1 rings (SSSR count). The summed E-state index contributed by atoms with van der Waals surface area (Å²) >= 11 is 0. The summed E-state index contributed by atoms with van der Waals surface area (Å²) in [6, 6.07) is 0.225. The van der Waals surface area contributed by atoms with E-state index in [1.807, 2.05) is 4.90 Å². The Labute approximate surface area is 102 Å². The number of hydrogen-bond donors (Lipinski definition) is 2. The number of amides is 2. The fraction of sp³-hybridized carbons (Fsp3) is 0.833. The highest BCUT2D eigenvalue weighted by molar-refractivity contribution is 5.75. The number of carboxylic acid groups (broad SMARTS) is 1. The first kappa shape index (κ1) is 13.8. The highest BCUT2D eigenvalue weighted by Gasteiger charge is 2.25. The second-order valence-corrected chi connectivity index (χ2v) is 4.51. The Morgan fingerprint density at radius 2 is 2.18 bits per heavy atom. The minimum atomic E-state index is -0.881. The average Bonchev–Trinajstić information content (AvgIpc) is 2.29. The minimum Gasteiger partial charge on any atom is -0.481 e.